The number of carboxylic acids is 1. The number of amides is 1. The van der Waals surface area contributed by atoms with Gasteiger partial charge in [0.1, 0.15) is 0 Å². The third kappa shape index (κ3) is 5.08. The number of halogens is 3. The van der Waals surface area contributed by atoms with Gasteiger partial charge in [0.2, 0.25) is 0 Å². The molecule has 19 heavy (non-hydrogen) atoms. The zero-order valence-corrected chi connectivity index (χ0v) is 10.7. The van der Waals surface area contributed by atoms with Crippen molar-refractivity contribution in [2.75, 3.05) is 0 Å². The number of aliphatic carboxylic acids is 1. The van der Waals surface area contributed by atoms with Crippen molar-refractivity contribution in [3.63, 3.8) is 0 Å². The van der Waals surface area contributed by atoms with Gasteiger partial charge >= 0.3 is 18.1 Å². The first-order chi connectivity index (χ1) is 8.70. The third-order valence-electron chi connectivity index (χ3n) is 3.67. The van der Waals surface area contributed by atoms with Crippen molar-refractivity contribution < 1.29 is 27.9 Å². The van der Waals surface area contributed by atoms with E-state index >= 15 is 0 Å². The van der Waals surface area contributed by atoms with Crippen LogP contribution in [0.3, 0.4) is 0 Å². The minimum atomic E-state index is -4.84. The second kappa shape index (κ2) is 6.25. The largest absolute Gasteiger partial charge is 0.481 e. The molecular formula is C12H18F3NO3. The van der Waals surface area contributed by atoms with Crippen LogP contribution in [0.25, 0.3) is 0 Å². The Bertz CT molecular complexity index is 336. The maximum atomic E-state index is 12.1. The number of carboxylic acid groups (broad SMARTS) is 1. The monoisotopic (exact) mass is 281 g/mol. The van der Waals surface area contributed by atoms with Crippen LogP contribution in [0.4, 0.5) is 13.2 Å². The highest BCUT2D eigenvalue weighted by molar-refractivity contribution is 5.81. The van der Waals surface area contributed by atoms with E-state index in [4.69, 9.17) is 5.11 Å². The molecule has 1 amide bonds. The van der Waals surface area contributed by atoms with Crippen molar-refractivity contribution in [1.29, 1.82) is 0 Å². The van der Waals surface area contributed by atoms with Crippen LogP contribution in [0.1, 0.15) is 39.0 Å². The highest BCUT2D eigenvalue weighted by atomic mass is 19.4. The molecule has 1 atom stereocenters. The lowest BCUT2D eigenvalue weighted by Crippen LogP contribution is -2.44. The Morgan fingerprint density at radius 2 is 1.79 bits per heavy atom. The topological polar surface area (TPSA) is 66.4 Å². The fraction of sp³-hybridized carbons (Fsp3) is 0.833. The molecule has 0 heterocycles. The van der Waals surface area contributed by atoms with Gasteiger partial charge in [-0.05, 0) is 37.5 Å². The number of hydrogen-bond acceptors (Lipinski definition) is 2. The molecule has 7 heteroatoms. The number of carbonyl (C=O) groups excluding carboxylic acids is 1. The van der Waals surface area contributed by atoms with Crippen LogP contribution < -0.4 is 5.32 Å². The summed E-state index contributed by atoms with van der Waals surface area (Å²) in [5, 5.41) is 10.7. The van der Waals surface area contributed by atoms with Gasteiger partial charge in [-0.25, -0.2) is 0 Å². The molecule has 1 aliphatic carbocycles. The van der Waals surface area contributed by atoms with Gasteiger partial charge in [0.05, 0.1) is 0 Å². The quantitative estimate of drug-likeness (QED) is 0.831. The van der Waals surface area contributed by atoms with Crippen molar-refractivity contribution in [2.45, 2.75) is 51.2 Å². The lowest BCUT2D eigenvalue weighted by Gasteiger charge is -2.32. The molecule has 0 bridgehead atoms. The molecule has 1 saturated carbocycles. The lowest BCUT2D eigenvalue weighted by molar-refractivity contribution is -0.174. The molecule has 0 aromatic rings. The Balaban J connectivity index is 2.37. The number of nitrogens with one attached hydrogen (secondary N) is 1. The van der Waals surface area contributed by atoms with Crippen LogP contribution in [0.15, 0.2) is 0 Å². The summed E-state index contributed by atoms with van der Waals surface area (Å²) in [7, 11) is 0. The summed E-state index contributed by atoms with van der Waals surface area (Å²) in [5.41, 5.74) is 0. The van der Waals surface area contributed by atoms with Crippen molar-refractivity contribution >= 4 is 11.9 Å². The summed E-state index contributed by atoms with van der Waals surface area (Å²) in [4.78, 5) is 21.4. The van der Waals surface area contributed by atoms with Crippen molar-refractivity contribution in [3.05, 3.63) is 0 Å². The minimum Gasteiger partial charge on any atom is -0.481 e. The predicted octanol–water partition coefficient (Wildman–Crippen LogP) is 2.33. The van der Waals surface area contributed by atoms with E-state index in [0.717, 1.165) is 0 Å². The zero-order chi connectivity index (χ0) is 14.6. The molecule has 2 N–H and O–H groups in total. The molecule has 1 rings (SSSR count). The van der Waals surface area contributed by atoms with Gasteiger partial charge in [-0.1, -0.05) is 6.92 Å². The molecule has 1 fully saturated rings. The van der Waals surface area contributed by atoms with E-state index in [1.165, 1.54) is 0 Å². The maximum absolute atomic E-state index is 12.1. The first-order valence-corrected chi connectivity index (χ1v) is 6.29. The molecule has 1 aliphatic rings. The molecular weight excluding hydrogens is 263 g/mol. The van der Waals surface area contributed by atoms with Crippen molar-refractivity contribution in [2.24, 2.45) is 11.8 Å². The van der Waals surface area contributed by atoms with E-state index in [-0.39, 0.29) is 18.3 Å². The fourth-order valence-electron chi connectivity index (χ4n) is 2.54. The average molecular weight is 281 g/mol. The van der Waals surface area contributed by atoms with Gasteiger partial charge in [0.15, 0.2) is 0 Å². The molecule has 110 valence electrons. The molecule has 0 radical (unpaired) electrons. The summed E-state index contributed by atoms with van der Waals surface area (Å²) < 4.78 is 36.2. The van der Waals surface area contributed by atoms with Crippen LogP contribution in [0.2, 0.25) is 0 Å². The van der Waals surface area contributed by atoms with E-state index in [2.05, 4.69) is 0 Å². The molecule has 0 saturated heterocycles. The first-order valence-electron chi connectivity index (χ1n) is 6.29. The zero-order valence-electron chi connectivity index (χ0n) is 10.7. The van der Waals surface area contributed by atoms with E-state index in [1.807, 2.05) is 12.2 Å². The highest BCUT2D eigenvalue weighted by Gasteiger charge is 2.40. The molecule has 4 nitrogen and oxygen atoms in total. The van der Waals surface area contributed by atoms with Crippen LogP contribution in [0, 0.1) is 11.8 Å². The Morgan fingerprint density at radius 3 is 2.21 bits per heavy atom. The number of hydrogen-bond donors (Lipinski definition) is 2. The van der Waals surface area contributed by atoms with Crippen molar-refractivity contribution in [1.82, 2.24) is 5.32 Å². The fourth-order valence-corrected chi connectivity index (χ4v) is 2.54. The molecule has 0 aliphatic heterocycles. The van der Waals surface area contributed by atoms with Crippen LogP contribution in [0.5, 0.6) is 0 Å². The summed E-state index contributed by atoms with van der Waals surface area (Å²) in [6.07, 6.45) is -2.53. The maximum Gasteiger partial charge on any atom is 0.471 e. The third-order valence-corrected chi connectivity index (χ3v) is 3.67. The highest BCUT2D eigenvalue weighted by Crippen LogP contribution is 2.32. The van der Waals surface area contributed by atoms with E-state index in [1.54, 1.807) is 0 Å². The minimum absolute atomic E-state index is 0.0109. The van der Waals surface area contributed by atoms with Gasteiger partial charge in [-0.15, -0.1) is 0 Å². The Morgan fingerprint density at radius 1 is 1.26 bits per heavy atom. The molecule has 1 unspecified atom stereocenters. The van der Waals surface area contributed by atoms with Gasteiger partial charge in [-0.2, -0.15) is 13.2 Å². The molecule has 0 aromatic heterocycles. The standard InChI is InChI=1S/C12H18F3NO3/c1-7(6-10(17)18)8-2-4-9(5-3-8)16-11(19)12(13,14)15/h7-9H,2-6H2,1H3,(H,16,19)(H,17,18). The van der Waals surface area contributed by atoms with Gasteiger partial charge < -0.3 is 10.4 Å². The van der Waals surface area contributed by atoms with Crippen LogP contribution in [-0.4, -0.2) is 29.2 Å². The molecule has 0 spiro atoms. The number of rotatable bonds is 4. The predicted molar refractivity (Wildman–Crippen MR) is 61.4 cm³/mol. The van der Waals surface area contributed by atoms with Crippen LogP contribution in [-0.2, 0) is 9.59 Å². The van der Waals surface area contributed by atoms with Gasteiger partial charge in [0, 0.05) is 12.5 Å². The second-order valence-corrected chi connectivity index (χ2v) is 5.16. The molecule has 0 aromatic carbocycles. The van der Waals surface area contributed by atoms with Gasteiger partial charge in [-0.3, -0.25) is 9.59 Å². The van der Waals surface area contributed by atoms with Crippen molar-refractivity contribution in [3.8, 4) is 0 Å². The smallest absolute Gasteiger partial charge is 0.471 e. The van der Waals surface area contributed by atoms with E-state index in [9.17, 15) is 22.8 Å². The summed E-state index contributed by atoms with van der Waals surface area (Å²) in [6, 6.07) is -0.456. The Labute approximate surface area is 109 Å². The average Bonchev–Trinajstić information content (AvgIpc) is 2.27. The number of carbonyl (C=O) groups is 2. The lowest BCUT2D eigenvalue weighted by atomic mass is 9.78. The van der Waals surface area contributed by atoms with Gasteiger partial charge in [0.25, 0.3) is 0 Å². The summed E-state index contributed by atoms with van der Waals surface area (Å²) >= 11 is 0. The van der Waals surface area contributed by atoms with E-state index < -0.39 is 24.1 Å². The normalized spacial score (nSPS) is 25.7. The number of alkyl halides is 3. The SMILES string of the molecule is CC(CC(=O)O)C1CCC(NC(=O)C(F)(F)F)CC1. The van der Waals surface area contributed by atoms with E-state index in [0.29, 0.717) is 25.7 Å². The van der Waals surface area contributed by atoms with Crippen LogP contribution >= 0.6 is 0 Å². The Hall–Kier alpha value is -1.27. The summed E-state index contributed by atoms with van der Waals surface area (Å²) in [5.74, 6) is -2.54. The second-order valence-electron chi connectivity index (χ2n) is 5.16. The summed E-state index contributed by atoms with van der Waals surface area (Å²) in [6.45, 7) is 1.84. The first kappa shape index (κ1) is 15.8. The Kier molecular flexibility index (Phi) is 5.20.